The molecule has 158 valence electrons. The van der Waals surface area contributed by atoms with Gasteiger partial charge in [-0.15, -0.1) is 0 Å². The highest BCUT2D eigenvalue weighted by atomic mass is 16.7. The minimum Gasteiger partial charge on any atom is -0.493 e. The van der Waals surface area contributed by atoms with Crippen LogP contribution >= 0.6 is 0 Å². The maximum Gasteiger partial charge on any atom is 0.310 e. The van der Waals surface area contributed by atoms with Crippen LogP contribution in [0.15, 0.2) is 24.3 Å². The van der Waals surface area contributed by atoms with Crippen molar-refractivity contribution in [1.29, 1.82) is 0 Å². The average molecular weight is 414 g/mol. The third-order valence-corrected chi connectivity index (χ3v) is 6.19. The number of benzene rings is 2. The van der Waals surface area contributed by atoms with Gasteiger partial charge in [-0.25, -0.2) is 0 Å². The molecule has 0 aromatic heterocycles. The third-order valence-electron chi connectivity index (χ3n) is 6.19. The topological polar surface area (TPSA) is 92.7 Å². The van der Waals surface area contributed by atoms with Crippen molar-refractivity contribution in [3.63, 3.8) is 0 Å². The fraction of sp³-hybridized carbons (Fsp3) is 0.409. The molecule has 3 aliphatic rings. The molecule has 1 aliphatic carbocycles. The number of aliphatic hydroxyl groups is 1. The molecule has 30 heavy (non-hydrogen) atoms. The second-order valence-corrected chi connectivity index (χ2v) is 7.54. The Hall–Kier alpha value is -3.13. The van der Waals surface area contributed by atoms with Crippen LogP contribution in [0, 0.1) is 11.8 Å². The third kappa shape index (κ3) is 2.60. The zero-order valence-corrected chi connectivity index (χ0v) is 16.8. The molecular weight excluding hydrogens is 392 g/mol. The van der Waals surface area contributed by atoms with E-state index < -0.39 is 12.0 Å². The maximum atomic E-state index is 12.7. The first-order valence-electron chi connectivity index (χ1n) is 9.65. The number of fused-ring (bicyclic) bond motifs is 3. The Morgan fingerprint density at radius 3 is 2.13 bits per heavy atom. The molecular formula is C22H22O8. The van der Waals surface area contributed by atoms with Crippen LogP contribution in [-0.2, 0) is 9.53 Å². The SMILES string of the molecule is COc1cc(C2c3cc4c(cc3[C@H](O)C3COC(=O)[C@H]23)OCO4)cc(OC)c1OC. The number of aliphatic hydroxyl groups excluding tert-OH is 1. The summed E-state index contributed by atoms with van der Waals surface area (Å²) in [5.41, 5.74) is 2.30. The number of hydrogen-bond donors (Lipinski definition) is 1. The minimum atomic E-state index is -0.843. The molecule has 0 amide bonds. The molecule has 0 spiro atoms. The van der Waals surface area contributed by atoms with Gasteiger partial charge in [-0.1, -0.05) is 0 Å². The average Bonchev–Trinajstić information content (AvgIpc) is 3.38. The number of carbonyl (C=O) groups is 1. The van der Waals surface area contributed by atoms with Crippen molar-refractivity contribution in [3.05, 3.63) is 41.0 Å². The van der Waals surface area contributed by atoms with Crippen molar-refractivity contribution in [2.45, 2.75) is 12.0 Å². The van der Waals surface area contributed by atoms with E-state index in [1.54, 1.807) is 20.3 Å². The van der Waals surface area contributed by atoms with E-state index in [1.807, 2.05) is 18.2 Å². The number of esters is 1. The summed E-state index contributed by atoms with van der Waals surface area (Å²) in [4.78, 5) is 12.7. The first-order valence-corrected chi connectivity index (χ1v) is 9.65. The molecule has 0 bridgehead atoms. The fourth-order valence-corrected chi connectivity index (χ4v) is 4.81. The normalized spacial score (nSPS) is 25.9. The van der Waals surface area contributed by atoms with Gasteiger partial charge in [0.1, 0.15) is 0 Å². The lowest BCUT2D eigenvalue weighted by Crippen LogP contribution is -2.34. The second kappa shape index (κ2) is 6.98. The summed E-state index contributed by atoms with van der Waals surface area (Å²) in [7, 11) is 4.63. The van der Waals surface area contributed by atoms with E-state index in [0.717, 1.165) is 11.1 Å². The van der Waals surface area contributed by atoms with Crippen LogP contribution in [0.4, 0.5) is 0 Å². The van der Waals surface area contributed by atoms with Crippen molar-refractivity contribution in [3.8, 4) is 28.7 Å². The van der Waals surface area contributed by atoms with Crippen molar-refractivity contribution >= 4 is 5.97 Å². The Labute approximate surface area is 173 Å². The molecule has 0 radical (unpaired) electrons. The Kier molecular flexibility index (Phi) is 4.39. The molecule has 2 aliphatic heterocycles. The molecule has 5 rings (SSSR count). The highest BCUT2D eigenvalue weighted by molar-refractivity contribution is 5.79. The summed E-state index contributed by atoms with van der Waals surface area (Å²) in [6, 6.07) is 7.31. The van der Waals surface area contributed by atoms with E-state index in [-0.39, 0.29) is 31.2 Å². The first kappa shape index (κ1) is 18.9. The molecule has 2 unspecified atom stereocenters. The zero-order valence-electron chi connectivity index (χ0n) is 16.8. The number of carbonyl (C=O) groups excluding carboxylic acids is 1. The van der Waals surface area contributed by atoms with Crippen LogP contribution in [-0.4, -0.2) is 45.8 Å². The van der Waals surface area contributed by atoms with Crippen molar-refractivity contribution in [2.24, 2.45) is 11.8 Å². The molecule has 0 saturated carbocycles. The predicted molar refractivity (Wildman–Crippen MR) is 103 cm³/mol. The predicted octanol–water partition coefficient (Wildman–Crippen LogP) is 2.41. The highest BCUT2D eigenvalue weighted by Crippen LogP contribution is 2.55. The lowest BCUT2D eigenvalue weighted by atomic mass is 9.66. The van der Waals surface area contributed by atoms with Gasteiger partial charge in [-0.3, -0.25) is 4.79 Å². The Balaban J connectivity index is 1.74. The largest absolute Gasteiger partial charge is 0.493 e. The second-order valence-electron chi connectivity index (χ2n) is 7.54. The van der Waals surface area contributed by atoms with E-state index in [2.05, 4.69) is 0 Å². The molecule has 1 N–H and O–H groups in total. The summed E-state index contributed by atoms with van der Waals surface area (Å²) in [5.74, 6) is 0.989. The molecule has 1 fully saturated rings. The lowest BCUT2D eigenvalue weighted by molar-refractivity contribution is -0.141. The van der Waals surface area contributed by atoms with Crippen LogP contribution in [0.2, 0.25) is 0 Å². The van der Waals surface area contributed by atoms with Crippen molar-refractivity contribution in [2.75, 3.05) is 34.7 Å². The highest BCUT2D eigenvalue weighted by Gasteiger charge is 2.52. The summed E-state index contributed by atoms with van der Waals surface area (Å²) < 4.78 is 32.9. The number of cyclic esters (lactones) is 1. The van der Waals surface area contributed by atoms with E-state index >= 15 is 0 Å². The van der Waals surface area contributed by atoms with Gasteiger partial charge in [0.05, 0.1) is 40.0 Å². The van der Waals surface area contributed by atoms with Crippen LogP contribution in [0.1, 0.15) is 28.7 Å². The number of methoxy groups -OCH3 is 3. The van der Waals surface area contributed by atoms with Gasteiger partial charge in [0, 0.05) is 11.8 Å². The van der Waals surface area contributed by atoms with Gasteiger partial charge in [0.2, 0.25) is 12.5 Å². The number of ether oxygens (including phenoxy) is 6. The standard InChI is InChI=1S/C22H22O8/c1-25-16-4-10(5-17(26-2)21(16)27-3)18-11-6-14-15(30-9-29-14)7-12(11)20(23)13-8-28-22(24)19(13)18/h4-7,13,18-20,23H,8-9H2,1-3H3/t13?,18?,19-,20-/m0/s1. The van der Waals surface area contributed by atoms with Gasteiger partial charge in [0.25, 0.3) is 0 Å². The summed E-state index contributed by atoms with van der Waals surface area (Å²) in [5, 5.41) is 11.0. The van der Waals surface area contributed by atoms with Gasteiger partial charge in [-0.2, -0.15) is 0 Å². The zero-order chi connectivity index (χ0) is 21.0. The van der Waals surface area contributed by atoms with Gasteiger partial charge >= 0.3 is 5.97 Å². The molecule has 1 saturated heterocycles. The fourth-order valence-electron chi connectivity index (χ4n) is 4.81. The number of rotatable bonds is 4. The molecule has 8 heteroatoms. The molecule has 2 aromatic rings. The van der Waals surface area contributed by atoms with E-state index in [0.29, 0.717) is 34.3 Å². The van der Waals surface area contributed by atoms with Crippen molar-refractivity contribution < 1.29 is 38.3 Å². The monoisotopic (exact) mass is 414 g/mol. The van der Waals surface area contributed by atoms with Crippen LogP contribution in [0.25, 0.3) is 0 Å². The van der Waals surface area contributed by atoms with Crippen LogP contribution < -0.4 is 23.7 Å². The van der Waals surface area contributed by atoms with Gasteiger partial charge in [-0.05, 0) is 41.0 Å². The van der Waals surface area contributed by atoms with Gasteiger partial charge in [0.15, 0.2) is 23.0 Å². The summed E-state index contributed by atoms with van der Waals surface area (Å²) >= 11 is 0. The van der Waals surface area contributed by atoms with E-state index in [4.69, 9.17) is 28.4 Å². The van der Waals surface area contributed by atoms with E-state index in [1.165, 1.54) is 7.11 Å². The molecule has 2 aromatic carbocycles. The Morgan fingerprint density at radius 1 is 0.900 bits per heavy atom. The Morgan fingerprint density at radius 2 is 1.53 bits per heavy atom. The van der Waals surface area contributed by atoms with Crippen molar-refractivity contribution in [1.82, 2.24) is 0 Å². The minimum absolute atomic E-state index is 0.123. The van der Waals surface area contributed by atoms with Gasteiger partial charge < -0.3 is 33.5 Å². The summed E-state index contributed by atoms with van der Waals surface area (Å²) in [6.07, 6.45) is -0.843. The lowest BCUT2D eigenvalue weighted by Gasteiger charge is -2.37. The van der Waals surface area contributed by atoms with E-state index in [9.17, 15) is 9.90 Å². The number of hydrogen-bond acceptors (Lipinski definition) is 8. The smallest absolute Gasteiger partial charge is 0.310 e. The van der Waals surface area contributed by atoms with Crippen LogP contribution in [0.5, 0.6) is 28.7 Å². The Bertz CT molecular complexity index is 991. The molecule has 4 atom stereocenters. The molecule has 2 heterocycles. The maximum absolute atomic E-state index is 12.7. The summed E-state index contributed by atoms with van der Waals surface area (Å²) in [6.45, 7) is 0.289. The molecule has 8 nitrogen and oxygen atoms in total. The first-order chi connectivity index (χ1) is 14.6. The quantitative estimate of drug-likeness (QED) is 0.763. The van der Waals surface area contributed by atoms with Crippen LogP contribution in [0.3, 0.4) is 0 Å².